The van der Waals surface area contributed by atoms with Crippen LogP contribution in [0.3, 0.4) is 0 Å². The Hall–Kier alpha value is -1.26. The van der Waals surface area contributed by atoms with Gasteiger partial charge in [0.05, 0.1) is 5.92 Å². The van der Waals surface area contributed by atoms with E-state index < -0.39 is 5.92 Å². The number of carbonyl (C=O) groups excluding carboxylic acids is 1. The zero-order valence-electron chi connectivity index (χ0n) is 11.6. The van der Waals surface area contributed by atoms with E-state index in [4.69, 9.17) is 10.9 Å². The second kappa shape index (κ2) is 10.9. The molecule has 0 aliphatic heterocycles. The van der Waals surface area contributed by atoms with Crippen molar-refractivity contribution in [2.45, 2.75) is 58.8 Å². The van der Waals surface area contributed by atoms with Crippen LogP contribution in [0, 0.1) is 5.92 Å². The van der Waals surface area contributed by atoms with Crippen molar-refractivity contribution >= 4 is 11.7 Å². The molecule has 5 nitrogen and oxygen atoms in total. The van der Waals surface area contributed by atoms with E-state index in [0.717, 1.165) is 12.8 Å². The van der Waals surface area contributed by atoms with Crippen LogP contribution in [0.1, 0.15) is 58.8 Å². The first-order valence-corrected chi connectivity index (χ1v) is 6.92. The number of nitrogens with one attached hydrogen (secondary N) is 1. The molecule has 0 aliphatic carbocycles. The predicted molar refractivity (Wildman–Crippen MR) is 73.6 cm³/mol. The number of amidine groups is 1. The highest BCUT2D eigenvalue weighted by Gasteiger charge is 2.20. The molecule has 0 spiro atoms. The van der Waals surface area contributed by atoms with E-state index in [2.05, 4.69) is 17.4 Å². The number of hydrogen-bond acceptors (Lipinski definition) is 3. The molecule has 0 radical (unpaired) electrons. The van der Waals surface area contributed by atoms with Crippen LogP contribution in [0.4, 0.5) is 0 Å². The molecule has 0 aliphatic rings. The summed E-state index contributed by atoms with van der Waals surface area (Å²) in [6.07, 6.45) is 7.69. The fourth-order valence-electron chi connectivity index (χ4n) is 1.84. The summed E-state index contributed by atoms with van der Waals surface area (Å²) < 4.78 is 0. The lowest BCUT2D eigenvalue weighted by molar-refractivity contribution is -0.123. The Labute approximate surface area is 110 Å². The molecule has 0 rings (SSSR count). The first-order valence-electron chi connectivity index (χ1n) is 6.92. The Kier molecular flexibility index (Phi) is 10.1. The van der Waals surface area contributed by atoms with Crippen LogP contribution in [0.5, 0.6) is 0 Å². The van der Waals surface area contributed by atoms with Crippen LogP contribution in [0.2, 0.25) is 0 Å². The molecule has 1 amide bonds. The van der Waals surface area contributed by atoms with E-state index in [1.165, 1.54) is 25.7 Å². The number of oxime groups is 1. The van der Waals surface area contributed by atoms with Crippen molar-refractivity contribution in [2.75, 3.05) is 6.54 Å². The fraction of sp³-hybridized carbons (Fsp3) is 0.846. The number of unbranched alkanes of at least 4 members (excludes halogenated alkanes) is 5. The van der Waals surface area contributed by atoms with Gasteiger partial charge in [-0.3, -0.25) is 4.79 Å². The minimum absolute atomic E-state index is 0.0158. The molecule has 0 fully saturated rings. The standard InChI is InChI=1S/C13H27N3O2/c1-3-5-6-7-8-9-10-15-13(17)11(4-2)12(14)16-18/h11,18H,3-10H2,1-2H3,(H2,14,16)(H,15,17). The molecule has 0 aromatic carbocycles. The Morgan fingerprint density at radius 3 is 2.39 bits per heavy atom. The van der Waals surface area contributed by atoms with Crippen LogP contribution in [-0.2, 0) is 4.79 Å². The lowest BCUT2D eigenvalue weighted by Gasteiger charge is -2.13. The van der Waals surface area contributed by atoms with Gasteiger partial charge in [-0.2, -0.15) is 0 Å². The highest BCUT2D eigenvalue weighted by atomic mass is 16.4. The first kappa shape index (κ1) is 16.7. The zero-order chi connectivity index (χ0) is 13.8. The van der Waals surface area contributed by atoms with Gasteiger partial charge in [-0.15, -0.1) is 0 Å². The third-order valence-corrected chi connectivity index (χ3v) is 3.03. The molecule has 0 heterocycles. The highest BCUT2D eigenvalue weighted by molar-refractivity contribution is 6.01. The molecule has 0 saturated heterocycles. The molecule has 4 N–H and O–H groups in total. The molecular weight excluding hydrogens is 230 g/mol. The smallest absolute Gasteiger partial charge is 0.230 e. The van der Waals surface area contributed by atoms with Crippen molar-refractivity contribution in [3.8, 4) is 0 Å². The topological polar surface area (TPSA) is 87.7 Å². The summed E-state index contributed by atoms with van der Waals surface area (Å²) in [4.78, 5) is 11.7. The molecule has 18 heavy (non-hydrogen) atoms. The van der Waals surface area contributed by atoms with E-state index in [1.54, 1.807) is 0 Å². The Balaban J connectivity index is 3.69. The maximum Gasteiger partial charge on any atom is 0.230 e. The number of nitrogens with two attached hydrogens (primary N) is 1. The lowest BCUT2D eigenvalue weighted by Crippen LogP contribution is -2.38. The highest BCUT2D eigenvalue weighted by Crippen LogP contribution is 2.05. The minimum Gasteiger partial charge on any atom is -0.409 e. The molecule has 1 atom stereocenters. The minimum atomic E-state index is -0.518. The van der Waals surface area contributed by atoms with Gasteiger partial charge in [0.15, 0.2) is 5.84 Å². The van der Waals surface area contributed by atoms with Crippen LogP contribution in [0.15, 0.2) is 5.16 Å². The normalized spacial score (nSPS) is 13.3. The van der Waals surface area contributed by atoms with E-state index in [-0.39, 0.29) is 11.7 Å². The van der Waals surface area contributed by atoms with Crippen molar-refractivity contribution in [3.05, 3.63) is 0 Å². The van der Waals surface area contributed by atoms with E-state index in [0.29, 0.717) is 13.0 Å². The summed E-state index contributed by atoms with van der Waals surface area (Å²) in [5.41, 5.74) is 5.45. The Morgan fingerprint density at radius 1 is 1.22 bits per heavy atom. The monoisotopic (exact) mass is 257 g/mol. The van der Waals surface area contributed by atoms with Gasteiger partial charge in [0.1, 0.15) is 0 Å². The number of rotatable bonds is 10. The number of hydrogen-bond donors (Lipinski definition) is 3. The van der Waals surface area contributed by atoms with Crippen molar-refractivity contribution in [2.24, 2.45) is 16.8 Å². The lowest BCUT2D eigenvalue weighted by atomic mass is 10.0. The molecule has 0 aromatic heterocycles. The molecule has 0 aromatic rings. The molecule has 1 unspecified atom stereocenters. The van der Waals surface area contributed by atoms with E-state index >= 15 is 0 Å². The molecule has 0 bridgehead atoms. The van der Waals surface area contributed by atoms with Gasteiger partial charge in [0.2, 0.25) is 5.91 Å². The van der Waals surface area contributed by atoms with Gasteiger partial charge in [-0.05, 0) is 12.8 Å². The number of nitrogens with zero attached hydrogens (tertiary/aromatic N) is 1. The average Bonchev–Trinajstić information content (AvgIpc) is 2.38. The van der Waals surface area contributed by atoms with E-state index in [9.17, 15) is 4.79 Å². The predicted octanol–water partition coefficient (Wildman–Crippen LogP) is 2.24. The summed E-state index contributed by atoms with van der Waals surface area (Å²) >= 11 is 0. The third kappa shape index (κ3) is 7.14. The number of amides is 1. The van der Waals surface area contributed by atoms with Crippen LogP contribution < -0.4 is 11.1 Å². The maximum atomic E-state index is 11.7. The van der Waals surface area contributed by atoms with Gasteiger partial charge in [0, 0.05) is 6.54 Å². The van der Waals surface area contributed by atoms with Gasteiger partial charge in [-0.25, -0.2) is 0 Å². The van der Waals surface area contributed by atoms with Crippen LogP contribution in [0.25, 0.3) is 0 Å². The van der Waals surface area contributed by atoms with Crippen molar-refractivity contribution < 1.29 is 10.0 Å². The van der Waals surface area contributed by atoms with Crippen molar-refractivity contribution in [3.63, 3.8) is 0 Å². The molecular formula is C13H27N3O2. The van der Waals surface area contributed by atoms with E-state index in [1.807, 2.05) is 6.92 Å². The summed E-state index contributed by atoms with van der Waals surface area (Å²) in [5.74, 6) is -0.686. The second-order valence-corrected chi connectivity index (χ2v) is 4.54. The molecule has 5 heteroatoms. The zero-order valence-corrected chi connectivity index (χ0v) is 11.6. The maximum absolute atomic E-state index is 11.7. The van der Waals surface area contributed by atoms with Gasteiger partial charge in [0.25, 0.3) is 0 Å². The van der Waals surface area contributed by atoms with Gasteiger partial charge in [-0.1, -0.05) is 51.1 Å². The summed E-state index contributed by atoms with van der Waals surface area (Å²) in [5, 5.41) is 14.3. The van der Waals surface area contributed by atoms with Gasteiger partial charge >= 0.3 is 0 Å². The quantitative estimate of drug-likeness (QED) is 0.184. The van der Waals surface area contributed by atoms with Crippen LogP contribution >= 0.6 is 0 Å². The number of carbonyl (C=O) groups is 1. The SMILES string of the molecule is CCCCCCCCNC(=O)C(CC)C(N)=NO. The summed E-state index contributed by atoms with van der Waals surface area (Å²) in [6.45, 7) is 4.70. The van der Waals surface area contributed by atoms with Crippen LogP contribution in [-0.4, -0.2) is 23.5 Å². The Morgan fingerprint density at radius 2 is 1.83 bits per heavy atom. The largest absolute Gasteiger partial charge is 0.409 e. The third-order valence-electron chi connectivity index (χ3n) is 3.03. The summed E-state index contributed by atoms with van der Waals surface area (Å²) in [6, 6.07) is 0. The fourth-order valence-corrected chi connectivity index (χ4v) is 1.84. The van der Waals surface area contributed by atoms with Crippen molar-refractivity contribution in [1.29, 1.82) is 0 Å². The molecule has 0 saturated carbocycles. The second-order valence-electron chi connectivity index (χ2n) is 4.54. The first-order chi connectivity index (χ1) is 8.67. The summed E-state index contributed by atoms with van der Waals surface area (Å²) in [7, 11) is 0. The Bertz CT molecular complexity index is 255. The average molecular weight is 257 g/mol. The van der Waals surface area contributed by atoms with Crippen molar-refractivity contribution in [1.82, 2.24) is 5.32 Å². The van der Waals surface area contributed by atoms with Gasteiger partial charge < -0.3 is 16.3 Å². The molecule has 106 valence electrons.